The van der Waals surface area contributed by atoms with Crippen LogP contribution >= 0.6 is 0 Å². The maximum atomic E-state index is 12.6. The molecular weight excluding hydrogens is 271 g/mol. The van der Waals surface area contributed by atoms with Crippen molar-refractivity contribution in [1.82, 2.24) is 9.97 Å². The molecule has 0 bridgehead atoms. The Kier molecular flexibility index (Phi) is 3.29. The predicted molar refractivity (Wildman–Crippen MR) is 68.5 cm³/mol. The third-order valence-corrected chi connectivity index (χ3v) is 3.39. The Morgan fingerprint density at radius 2 is 2.25 bits per heavy atom. The van der Waals surface area contributed by atoms with Crippen LogP contribution in [-0.4, -0.2) is 29.7 Å². The highest BCUT2D eigenvalue weighted by atomic mass is 19.4. The number of hydrogen-bond acceptors (Lipinski definition) is 3. The normalized spacial score (nSPS) is 19.6. The van der Waals surface area contributed by atoms with E-state index in [2.05, 4.69) is 15.3 Å². The zero-order chi connectivity index (χ0) is 14.2. The number of rotatable bonds is 3. The summed E-state index contributed by atoms with van der Waals surface area (Å²) in [6.07, 6.45) is -3.35. The van der Waals surface area contributed by atoms with Crippen molar-refractivity contribution < 1.29 is 17.9 Å². The van der Waals surface area contributed by atoms with Crippen LogP contribution in [0.4, 0.5) is 19.1 Å². The molecule has 1 fully saturated rings. The minimum Gasteiger partial charge on any atom is -0.381 e. The first-order chi connectivity index (χ1) is 9.52. The monoisotopic (exact) mass is 285 g/mol. The van der Waals surface area contributed by atoms with Crippen molar-refractivity contribution >= 4 is 17.0 Å². The van der Waals surface area contributed by atoms with Gasteiger partial charge in [-0.3, -0.25) is 0 Å². The van der Waals surface area contributed by atoms with Gasteiger partial charge in [0.1, 0.15) is 0 Å². The van der Waals surface area contributed by atoms with Crippen molar-refractivity contribution in [2.75, 3.05) is 25.1 Å². The number of imidazole rings is 1. The molecule has 3 rings (SSSR count). The fourth-order valence-electron chi connectivity index (χ4n) is 2.25. The van der Waals surface area contributed by atoms with Gasteiger partial charge in [0.15, 0.2) is 0 Å². The van der Waals surface area contributed by atoms with E-state index >= 15 is 0 Å². The lowest BCUT2D eigenvalue weighted by atomic mass is 10.1. The number of nitrogens with zero attached hydrogens (tertiary/aromatic N) is 1. The zero-order valence-electron chi connectivity index (χ0n) is 10.6. The van der Waals surface area contributed by atoms with Crippen molar-refractivity contribution in [2.24, 2.45) is 5.92 Å². The Bertz CT molecular complexity index is 602. The van der Waals surface area contributed by atoms with Crippen molar-refractivity contribution in [2.45, 2.75) is 12.6 Å². The number of fused-ring (bicyclic) bond motifs is 1. The summed E-state index contributed by atoms with van der Waals surface area (Å²) in [5.74, 6) is 0.917. The van der Waals surface area contributed by atoms with Crippen LogP contribution in [-0.2, 0) is 10.9 Å². The van der Waals surface area contributed by atoms with Crippen LogP contribution in [0.15, 0.2) is 18.2 Å². The highest BCUT2D eigenvalue weighted by molar-refractivity contribution is 5.78. The standard InChI is InChI=1S/C13H14F3N3O/c14-13(15,16)9-1-2-10-11(5-9)19-12(18-10)17-6-8-3-4-20-7-8/h1-2,5,8H,3-4,6-7H2,(H2,17,18,19). The molecule has 108 valence electrons. The van der Waals surface area contributed by atoms with Crippen LogP contribution in [0.5, 0.6) is 0 Å². The van der Waals surface area contributed by atoms with E-state index in [1.807, 2.05) is 0 Å². The Hall–Kier alpha value is -1.76. The van der Waals surface area contributed by atoms with Gasteiger partial charge in [0.05, 0.1) is 23.2 Å². The molecular formula is C13H14F3N3O. The SMILES string of the molecule is FC(F)(F)c1ccc2[nH]c(NCC3CCOC3)nc2c1. The molecule has 0 radical (unpaired) electrons. The number of aromatic nitrogens is 2. The van der Waals surface area contributed by atoms with Gasteiger partial charge in [-0.25, -0.2) is 4.98 Å². The Labute approximate surface area is 113 Å². The number of anilines is 1. The van der Waals surface area contributed by atoms with Crippen molar-refractivity contribution in [3.63, 3.8) is 0 Å². The van der Waals surface area contributed by atoms with Gasteiger partial charge in [0, 0.05) is 19.1 Å². The van der Waals surface area contributed by atoms with E-state index in [0.29, 0.717) is 36.1 Å². The molecule has 1 aliphatic rings. The van der Waals surface area contributed by atoms with E-state index in [9.17, 15) is 13.2 Å². The van der Waals surface area contributed by atoms with Gasteiger partial charge < -0.3 is 15.0 Å². The number of halogens is 3. The molecule has 4 nitrogen and oxygen atoms in total. The summed E-state index contributed by atoms with van der Waals surface area (Å²) in [5.41, 5.74) is 0.209. The lowest BCUT2D eigenvalue weighted by molar-refractivity contribution is -0.137. The van der Waals surface area contributed by atoms with Crippen LogP contribution in [0.25, 0.3) is 11.0 Å². The first kappa shape index (κ1) is 13.2. The average Bonchev–Trinajstić information content (AvgIpc) is 3.03. The van der Waals surface area contributed by atoms with Crippen LogP contribution in [0.1, 0.15) is 12.0 Å². The number of alkyl halides is 3. The number of aromatic amines is 1. The maximum Gasteiger partial charge on any atom is 0.416 e. The van der Waals surface area contributed by atoms with E-state index < -0.39 is 11.7 Å². The minimum absolute atomic E-state index is 0.310. The molecule has 2 N–H and O–H groups in total. The van der Waals surface area contributed by atoms with Gasteiger partial charge in [0.2, 0.25) is 5.95 Å². The van der Waals surface area contributed by atoms with Crippen LogP contribution in [0.3, 0.4) is 0 Å². The maximum absolute atomic E-state index is 12.6. The predicted octanol–water partition coefficient (Wildman–Crippen LogP) is 3.03. The van der Waals surface area contributed by atoms with Crippen LogP contribution in [0.2, 0.25) is 0 Å². The Morgan fingerprint density at radius 1 is 1.40 bits per heavy atom. The summed E-state index contributed by atoms with van der Waals surface area (Å²) in [4.78, 5) is 7.11. The molecule has 20 heavy (non-hydrogen) atoms. The number of nitrogens with one attached hydrogen (secondary N) is 2. The Morgan fingerprint density at radius 3 is 2.95 bits per heavy atom. The van der Waals surface area contributed by atoms with Gasteiger partial charge >= 0.3 is 6.18 Å². The lowest BCUT2D eigenvalue weighted by Gasteiger charge is -2.07. The molecule has 0 amide bonds. The Balaban J connectivity index is 1.76. The van der Waals surface area contributed by atoms with E-state index in [-0.39, 0.29) is 0 Å². The average molecular weight is 285 g/mol. The summed E-state index contributed by atoms with van der Waals surface area (Å²) in [6.45, 7) is 2.18. The third-order valence-electron chi connectivity index (χ3n) is 3.39. The lowest BCUT2D eigenvalue weighted by Crippen LogP contribution is -2.14. The topological polar surface area (TPSA) is 49.9 Å². The third kappa shape index (κ3) is 2.72. The van der Waals surface area contributed by atoms with Crippen molar-refractivity contribution in [3.05, 3.63) is 23.8 Å². The largest absolute Gasteiger partial charge is 0.416 e. The molecule has 2 heterocycles. The molecule has 2 aromatic rings. The summed E-state index contributed by atoms with van der Waals surface area (Å²) < 4.78 is 43.1. The van der Waals surface area contributed by atoms with Crippen LogP contribution in [0, 0.1) is 5.92 Å². The minimum atomic E-state index is -4.35. The fourth-order valence-corrected chi connectivity index (χ4v) is 2.25. The molecule has 1 aromatic heterocycles. The molecule has 1 saturated heterocycles. The first-order valence-corrected chi connectivity index (χ1v) is 6.41. The number of hydrogen-bond donors (Lipinski definition) is 2. The van der Waals surface area contributed by atoms with E-state index in [1.165, 1.54) is 6.07 Å². The first-order valence-electron chi connectivity index (χ1n) is 6.41. The van der Waals surface area contributed by atoms with E-state index in [0.717, 1.165) is 25.2 Å². The zero-order valence-corrected chi connectivity index (χ0v) is 10.6. The number of benzene rings is 1. The summed E-state index contributed by atoms with van der Waals surface area (Å²) in [6, 6.07) is 3.50. The van der Waals surface area contributed by atoms with Crippen molar-refractivity contribution in [3.8, 4) is 0 Å². The smallest absolute Gasteiger partial charge is 0.381 e. The van der Waals surface area contributed by atoms with Gasteiger partial charge in [-0.15, -0.1) is 0 Å². The highest BCUT2D eigenvalue weighted by Gasteiger charge is 2.30. The molecule has 1 aromatic carbocycles. The second kappa shape index (κ2) is 4.97. The van der Waals surface area contributed by atoms with E-state index in [1.54, 1.807) is 0 Å². The highest BCUT2D eigenvalue weighted by Crippen LogP contribution is 2.31. The van der Waals surface area contributed by atoms with Gasteiger partial charge in [-0.05, 0) is 24.6 Å². The second-order valence-electron chi connectivity index (χ2n) is 4.93. The van der Waals surface area contributed by atoms with Gasteiger partial charge in [0.25, 0.3) is 0 Å². The summed E-state index contributed by atoms with van der Waals surface area (Å²) in [7, 11) is 0. The molecule has 0 spiro atoms. The summed E-state index contributed by atoms with van der Waals surface area (Å²) >= 11 is 0. The number of ether oxygens (including phenoxy) is 1. The quantitative estimate of drug-likeness (QED) is 0.911. The number of H-pyrrole nitrogens is 1. The fraction of sp³-hybridized carbons (Fsp3) is 0.462. The van der Waals surface area contributed by atoms with Crippen LogP contribution < -0.4 is 5.32 Å². The molecule has 1 atom stereocenters. The second-order valence-corrected chi connectivity index (χ2v) is 4.93. The molecule has 7 heteroatoms. The molecule has 0 aliphatic carbocycles. The van der Waals surface area contributed by atoms with E-state index in [4.69, 9.17) is 4.74 Å². The van der Waals surface area contributed by atoms with Crippen molar-refractivity contribution in [1.29, 1.82) is 0 Å². The summed E-state index contributed by atoms with van der Waals surface area (Å²) in [5, 5.41) is 3.11. The van der Waals surface area contributed by atoms with Gasteiger partial charge in [-0.2, -0.15) is 13.2 Å². The molecule has 1 unspecified atom stereocenters. The molecule has 0 saturated carbocycles. The molecule has 1 aliphatic heterocycles. The van der Waals surface area contributed by atoms with Gasteiger partial charge in [-0.1, -0.05) is 0 Å².